The van der Waals surface area contributed by atoms with Gasteiger partial charge in [0.1, 0.15) is 0 Å². The van der Waals surface area contributed by atoms with Crippen molar-refractivity contribution in [3.8, 4) is 0 Å². The number of likely N-dealkylation sites (tertiary alicyclic amines) is 1. The highest BCUT2D eigenvalue weighted by atomic mass is 16.2. The van der Waals surface area contributed by atoms with E-state index in [1.54, 1.807) is 6.20 Å². The molecule has 1 fully saturated rings. The van der Waals surface area contributed by atoms with E-state index in [1.165, 1.54) is 0 Å². The van der Waals surface area contributed by atoms with E-state index in [-0.39, 0.29) is 5.91 Å². The van der Waals surface area contributed by atoms with Gasteiger partial charge in [-0.1, -0.05) is 0 Å². The molecule has 0 spiro atoms. The summed E-state index contributed by atoms with van der Waals surface area (Å²) in [5, 5.41) is 11.4. The van der Waals surface area contributed by atoms with Crippen LogP contribution in [0, 0.1) is 6.92 Å². The SMILES string of the molecule is CCn1cc(C(=O)N2CCC[C@H](c3ccn[nH]3)C2)c(C)n1. The number of hydrogen-bond donors (Lipinski definition) is 1. The van der Waals surface area contributed by atoms with Crippen LogP contribution in [0.3, 0.4) is 0 Å². The van der Waals surface area contributed by atoms with E-state index in [1.807, 2.05) is 35.7 Å². The van der Waals surface area contributed by atoms with Gasteiger partial charge in [0.05, 0.1) is 11.3 Å². The first-order valence-electron chi connectivity index (χ1n) is 7.51. The Labute approximate surface area is 124 Å². The van der Waals surface area contributed by atoms with Gasteiger partial charge in [0.2, 0.25) is 0 Å². The maximum absolute atomic E-state index is 12.7. The van der Waals surface area contributed by atoms with Crippen LogP contribution in [0.15, 0.2) is 18.5 Å². The third-order valence-corrected chi connectivity index (χ3v) is 4.17. The quantitative estimate of drug-likeness (QED) is 0.938. The fourth-order valence-electron chi connectivity index (χ4n) is 2.97. The Morgan fingerprint density at radius 1 is 1.52 bits per heavy atom. The van der Waals surface area contributed by atoms with Crippen molar-refractivity contribution < 1.29 is 4.79 Å². The van der Waals surface area contributed by atoms with E-state index in [2.05, 4.69) is 15.3 Å². The lowest BCUT2D eigenvalue weighted by molar-refractivity contribution is 0.0705. The summed E-state index contributed by atoms with van der Waals surface area (Å²) < 4.78 is 1.82. The molecular weight excluding hydrogens is 266 g/mol. The van der Waals surface area contributed by atoms with E-state index in [4.69, 9.17) is 0 Å². The van der Waals surface area contributed by atoms with Gasteiger partial charge in [-0.15, -0.1) is 0 Å². The number of aromatic amines is 1. The second-order valence-corrected chi connectivity index (χ2v) is 5.59. The maximum Gasteiger partial charge on any atom is 0.257 e. The Balaban J connectivity index is 1.76. The van der Waals surface area contributed by atoms with Gasteiger partial charge in [-0.25, -0.2) is 0 Å². The molecule has 0 aliphatic carbocycles. The zero-order chi connectivity index (χ0) is 14.8. The van der Waals surface area contributed by atoms with E-state index in [0.29, 0.717) is 5.92 Å². The second-order valence-electron chi connectivity index (χ2n) is 5.59. The Kier molecular flexibility index (Phi) is 3.77. The van der Waals surface area contributed by atoms with Crippen LogP contribution in [0.25, 0.3) is 0 Å². The number of aromatic nitrogens is 4. The molecule has 0 radical (unpaired) electrons. The monoisotopic (exact) mass is 287 g/mol. The number of piperidine rings is 1. The number of nitrogens with zero attached hydrogens (tertiary/aromatic N) is 4. The van der Waals surface area contributed by atoms with Crippen LogP contribution in [-0.4, -0.2) is 43.9 Å². The minimum atomic E-state index is 0.0939. The zero-order valence-electron chi connectivity index (χ0n) is 12.5. The average Bonchev–Trinajstić information content (AvgIpc) is 3.16. The molecule has 1 atom stereocenters. The lowest BCUT2D eigenvalue weighted by Crippen LogP contribution is -2.39. The lowest BCUT2D eigenvalue weighted by Gasteiger charge is -2.32. The molecule has 0 aromatic carbocycles. The normalized spacial score (nSPS) is 19.0. The predicted molar refractivity (Wildman–Crippen MR) is 79.1 cm³/mol. The predicted octanol–water partition coefficient (Wildman–Crippen LogP) is 1.95. The van der Waals surface area contributed by atoms with Crippen LogP contribution in [0.4, 0.5) is 0 Å². The van der Waals surface area contributed by atoms with Crippen LogP contribution >= 0.6 is 0 Å². The van der Waals surface area contributed by atoms with Crippen molar-refractivity contribution in [1.82, 2.24) is 24.9 Å². The number of aryl methyl sites for hydroxylation is 2. The van der Waals surface area contributed by atoms with Gasteiger partial charge in [-0.05, 0) is 32.8 Å². The first kappa shape index (κ1) is 13.9. The summed E-state index contributed by atoms with van der Waals surface area (Å²) in [5.74, 6) is 0.447. The van der Waals surface area contributed by atoms with Crippen LogP contribution < -0.4 is 0 Å². The third-order valence-electron chi connectivity index (χ3n) is 4.17. The van der Waals surface area contributed by atoms with Gasteiger partial charge >= 0.3 is 0 Å². The number of carbonyl (C=O) groups is 1. The first-order valence-corrected chi connectivity index (χ1v) is 7.51. The Bertz CT molecular complexity index is 616. The molecule has 2 aromatic rings. The van der Waals surface area contributed by atoms with Gasteiger partial charge in [0.25, 0.3) is 5.91 Å². The molecule has 6 nitrogen and oxygen atoms in total. The molecule has 0 unspecified atom stereocenters. The highest BCUT2D eigenvalue weighted by Crippen LogP contribution is 2.26. The molecule has 1 saturated heterocycles. The smallest absolute Gasteiger partial charge is 0.257 e. The van der Waals surface area contributed by atoms with Crippen molar-refractivity contribution in [3.05, 3.63) is 35.4 Å². The summed E-state index contributed by atoms with van der Waals surface area (Å²) in [6.07, 6.45) is 5.75. The van der Waals surface area contributed by atoms with Crippen LogP contribution in [0.2, 0.25) is 0 Å². The molecule has 2 aromatic heterocycles. The highest BCUT2D eigenvalue weighted by molar-refractivity contribution is 5.95. The summed E-state index contributed by atoms with van der Waals surface area (Å²) in [5.41, 5.74) is 2.65. The second kappa shape index (κ2) is 5.71. The molecule has 1 aliphatic rings. The number of amides is 1. The third kappa shape index (κ3) is 2.70. The zero-order valence-corrected chi connectivity index (χ0v) is 12.5. The minimum absolute atomic E-state index is 0.0939. The summed E-state index contributed by atoms with van der Waals surface area (Å²) in [6, 6.07) is 2.00. The van der Waals surface area contributed by atoms with E-state index < -0.39 is 0 Å². The Morgan fingerprint density at radius 3 is 3.05 bits per heavy atom. The number of nitrogens with one attached hydrogen (secondary N) is 1. The molecule has 21 heavy (non-hydrogen) atoms. The van der Waals surface area contributed by atoms with Crippen LogP contribution in [0.1, 0.15) is 47.4 Å². The Hall–Kier alpha value is -2.11. The molecule has 0 bridgehead atoms. The van der Waals surface area contributed by atoms with Crippen molar-refractivity contribution in [1.29, 1.82) is 0 Å². The highest BCUT2D eigenvalue weighted by Gasteiger charge is 2.27. The number of hydrogen-bond acceptors (Lipinski definition) is 3. The van der Waals surface area contributed by atoms with Gasteiger partial charge in [0.15, 0.2) is 0 Å². The molecule has 112 valence electrons. The largest absolute Gasteiger partial charge is 0.338 e. The summed E-state index contributed by atoms with van der Waals surface area (Å²) in [6.45, 7) is 6.27. The van der Waals surface area contributed by atoms with Crippen molar-refractivity contribution in [2.75, 3.05) is 13.1 Å². The maximum atomic E-state index is 12.7. The molecule has 6 heteroatoms. The van der Waals surface area contributed by atoms with Gasteiger partial charge in [-0.2, -0.15) is 10.2 Å². The van der Waals surface area contributed by atoms with Gasteiger partial charge in [-0.3, -0.25) is 14.6 Å². The summed E-state index contributed by atoms with van der Waals surface area (Å²) in [7, 11) is 0. The minimum Gasteiger partial charge on any atom is -0.338 e. The van der Waals surface area contributed by atoms with Crippen molar-refractivity contribution in [2.45, 2.75) is 39.2 Å². The molecule has 1 aliphatic heterocycles. The Morgan fingerprint density at radius 2 is 2.38 bits per heavy atom. The van der Waals surface area contributed by atoms with Crippen molar-refractivity contribution in [3.63, 3.8) is 0 Å². The summed E-state index contributed by atoms with van der Waals surface area (Å²) >= 11 is 0. The lowest BCUT2D eigenvalue weighted by atomic mass is 9.94. The molecule has 1 N–H and O–H groups in total. The number of H-pyrrole nitrogens is 1. The number of rotatable bonds is 3. The van der Waals surface area contributed by atoms with E-state index in [0.717, 1.165) is 49.4 Å². The standard InChI is InChI=1S/C15H21N5O/c1-3-20-10-13(11(2)18-20)15(21)19-8-4-5-12(9-19)14-6-7-16-17-14/h6-7,10,12H,3-5,8-9H2,1-2H3,(H,16,17)/t12-/m0/s1. The van der Waals surface area contributed by atoms with Crippen molar-refractivity contribution >= 4 is 5.91 Å². The molecule has 3 rings (SSSR count). The van der Waals surface area contributed by atoms with E-state index >= 15 is 0 Å². The molecule has 0 saturated carbocycles. The summed E-state index contributed by atoms with van der Waals surface area (Å²) in [4.78, 5) is 14.7. The fourth-order valence-corrected chi connectivity index (χ4v) is 2.97. The first-order chi connectivity index (χ1) is 10.2. The van der Waals surface area contributed by atoms with Crippen molar-refractivity contribution in [2.24, 2.45) is 0 Å². The van der Waals surface area contributed by atoms with E-state index in [9.17, 15) is 4.79 Å². The molecule has 1 amide bonds. The van der Waals surface area contributed by atoms with Gasteiger partial charge in [0, 0.05) is 43.6 Å². The van der Waals surface area contributed by atoms with Crippen LogP contribution in [0.5, 0.6) is 0 Å². The average molecular weight is 287 g/mol. The van der Waals surface area contributed by atoms with Gasteiger partial charge < -0.3 is 4.90 Å². The molecular formula is C15H21N5O. The topological polar surface area (TPSA) is 66.8 Å². The molecule has 3 heterocycles. The number of carbonyl (C=O) groups excluding carboxylic acids is 1. The van der Waals surface area contributed by atoms with Crippen LogP contribution in [-0.2, 0) is 6.54 Å². The fraction of sp³-hybridized carbons (Fsp3) is 0.533.